The molecule has 2 N–H and O–H groups in total. The summed E-state index contributed by atoms with van der Waals surface area (Å²) >= 11 is 0. The van der Waals surface area contributed by atoms with Gasteiger partial charge in [-0.3, -0.25) is 9.59 Å². The predicted octanol–water partition coefficient (Wildman–Crippen LogP) is 1.98. The molecule has 0 aliphatic carbocycles. The SMILES string of the molecule is O=C(NC(CCn1ccnc1)C(=O)NCc1ccccc1)c1ccco1. The Morgan fingerprint density at radius 2 is 2.00 bits per heavy atom. The number of imidazole rings is 1. The number of amides is 2. The minimum absolute atomic E-state index is 0.175. The normalized spacial score (nSPS) is 11.7. The van der Waals surface area contributed by atoms with Crippen LogP contribution in [0.3, 0.4) is 0 Å². The molecule has 7 heteroatoms. The van der Waals surface area contributed by atoms with Gasteiger partial charge in [0.2, 0.25) is 5.91 Å². The number of hydrogen-bond donors (Lipinski definition) is 2. The van der Waals surface area contributed by atoms with E-state index in [1.54, 1.807) is 24.7 Å². The van der Waals surface area contributed by atoms with E-state index in [9.17, 15) is 9.59 Å². The quantitative estimate of drug-likeness (QED) is 0.649. The van der Waals surface area contributed by atoms with Crippen molar-refractivity contribution in [3.63, 3.8) is 0 Å². The van der Waals surface area contributed by atoms with Crippen LogP contribution < -0.4 is 10.6 Å². The lowest BCUT2D eigenvalue weighted by atomic mass is 10.1. The third kappa shape index (κ3) is 4.83. The minimum atomic E-state index is -0.682. The van der Waals surface area contributed by atoms with E-state index in [1.807, 2.05) is 41.1 Å². The molecular weight excluding hydrogens is 332 g/mol. The van der Waals surface area contributed by atoms with Crippen LogP contribution in [-0.4, -0.2) is 27.4 Å². The Morgan fingerprint density at radius 3 is 2.69 bits per heavy atom. The zero-order chi connectivity index (χ0) is 18.2. The predicted molar refractivity (Wildman–Crippen MR) is 95.1 cm³/mol. The van der Waals surface area contributed by atoms with Gasteiger partial charge in [-0.05, 0) is 24.1 Å². The number of furan rings is 1. The summed E-state index contributed by atoms with van der Waals surface area (Å²) in [5, 5.41) is 5.61. The monoisotopic (exact) mass is 352 g/mol. The van der Waals surface area contributed by atoms with Gasteiger partial charge in [0.15, 0.2) is 5.76 Å². The van der Waals surface area contributed by atoms with Gasteiger partial charge in [-0.2, -0.15) is 0 Å². The highest BCUT2D eigenvalue weighted by Gasteiger charge is 2.22. The van der Waals surface area contributed by atoms with E-state index < -0.39 is 11.9 Å². The number of hydrogen-bond acceptors (Lipinski definition) is 4. The van der Waals surface area contributed by atoms with E-state index in [1.165, 1.54) is 6.26 Å². The zero-order valence-corrected chi connectivity index (χ0v) is 14.2. The molecule has 2 amide bonds. The van der Waals surface area contributed by atoms with Crippen LogP contribution in [0.25, 0.3) is 0 Å². The highest BCUT2D eigenvalue weighted by molar-refractivity contribution is 5.95. The molecule has 3 rings (SSSR count). The van der Waals surface area contributed by atoms with Gasteiger partial charge in [0.25, 0.3) is 5.91 Å². The van der Waals surface area contributed by atoms with Gasteiger partial charge < -0.3 is 19.6 Å². The fourth-order valence-corrected chi connectivity index (χ4v) is 2.51. The summed E-state index contributed by atoms with van der Waals surface area (Å²) < 4.78 is 6.95. The first kappa shape index (κ1) is 17.5. The maximum atomic E-state index is 12.6. The van der Waals surface area contributed by atoms with Gasteiger partial charge in [-0.15, -0.1) is 0 Å². The van der Waals surface area contributed by atoms with Crippen molar-refractivity contribution in [2.24, 2.45) is 0 Å². The van der Waals surface area contributed by atoms with Crippen LogP contribution in [0.4, 0.5) is 0 Å². The highest BCUT2D eigenvalue weighted by Crippen LogP contribution is 2.04. The summed E-state index contributed by atoms with van der Waals surface area (Å²) in [6.07, 6.45) is 7.01. The van der Waals surface area contributed by atoms with Gasteiger partial charge in [0, 0.05) is 25.5 Å². The molecule has 0 radical (unpaired) electrons. The number of carbonyl (C=O) groups excluding carboxylic acids is 2. The first-order valence-corrected chi connectivity index (χ1v) is 8.34. The number of nitrogens with one attached hydrogen (secondary N) is 2. The topological polar surface area (TPSA) is 89.2 Å². The molecule has 0 bridgehead atoms. The van der Waals surface area contributed by atoms with Crippen LogP contribution in [0.1, 0.15) is 22.5 Å². The van der Waals surface area contributed by atoms with Gasteiger partial charge >= 0.3 is 0 Å². The first-order valence-electron chi connectivity index (χ1n) is 8.34. The van der Waals surface area contributed by atoms with Crippen LogP contribution in [-0.2, 0) is 17.9 Å². The Hall–Kier alpha value is -3.35. The van der Waals surface area contributed by atoms with Crippen LogP contribution >= 0.6 is 0 Å². The number of aromatic nitrogens is 2. The molecule has 0 spiro atoms. The molecule has 2 heterocycles. The van der Waals surface area contributed by atoms with Crippen molar-refractivity contribution in [1.29, 1.82) is 0 Å². The molecular formula is C19H20N4O3. The zero-order valence-electron chi connectivity index (χ0n) is 14.2. The van der Waals surface area contributed by atoms with Crippen molar-refractivity contribution >= 4 is 11.8 Å². The van der Waals surface area contributed by atoms with Crippen LogP contribution in [0.15, 0.2) is 71.9 Å². The summed E-state index contributed by atoms with van der Waals surface area (Å²) in [5.74, 6) is -0.483. The van der Waals surface area contributed by atoms with Crippen molar-refractivity contribution < 1.29 is 14.0 Å². The second-order valence-electron chi connectivity index (χ2n) is 5.80. The number of rotatable bonds is 8. The van der Waals surface area contributed by atoms with Crippen molar-refractivity contribution in [1.82, 2.24) is 20.2 Å². The molecule has 26 heavy (non-hydrogen) atoms. The second-order valence-corrected chi connectivity index (χ2v) is 5.80. The number of nitrogens with zero attached hydrogens (tertiary/aromatic N) is 2. The van der Waals surface area contributed by atoms with E-state index >= 15 is 0 Å². The maximum absolute atomic E-state index is 12.6. The lowest BCUT2D eigenvalue weighted by Crippen LogP contribution is -2.47. The molecule has 3 aromatic rings. The van der Waals surface area contributed by atoms with Crippen molar-refractivity contribution in [2.75, 3.05) is 0 Å². The average molecular weight is 352 g/mol. The molecule has 7 nitrogen and oxygen atoms in total. The largest absolute Gasteiger partial charge is 0.459 e. The molecule has 1 aromatic carbocycles. The van der Waals surface area contributed by atoms with Crippen LogP contribution in [0.5, 0.6) is 0 Å². The molecule has 0 fully saturated rings. The Labute approximate surface area is 151 Å². The van der Waals surface area contributed by atoms with Gasteiger partial charge in [-0.25, -0.2) is 4.98 Å². The Bertz CT molecular complexity index is 814. The smallest absolute Gasteiger partial charge is 0.287 e. The lowest BCUT2D eigenvalue weighted by Gasteiger charge is -2.18. The first-order chi connectivity index (χ1) is 12.7. The number of benzene rings is 1. The molecule has 134 valence electrons. The van der Waals surface area contributed by atoms with Gasteiger partial charge in [-0.1, -0.05) is 30.3 Å². The molecule has 0 aliphatic rings. The Balaban J connectivity index is 1.62. The molecule has 1 atom stereocenters. The van der Waals surface area contributed by atoms with E-state index in [0.29, 0.717) is 19.5 Å². The van der Waals surface area contributed by atoms with E-state index in [0.717, 1.165) is 5.56 Å². The Morgan fingerprint density at radius 1 is 1.15 bits per heavy atom. The molecule has 0 saturated carbocycles. The highest BCUT2D eigenvalue weighted by atomic mass is 16.3. The summed E-state index contributed by atoms with van der Waals surface area (Å²) in [7, 11) is 0. The van der Waals surface area contributed by atoms with E-state index in [2.05, 4.69) is 15.6 Å². The van der Waals surface area contributed by atoms with Crippen LogP contribution in [0.2, 0.25) is 0 Å². The standard InChI is InChI=1S/C19H20N4O3/c24-18(21-13-15-5-2-1-3-6-15)16(8-10-23-11-9-20-14-23)22-19(25)17-7-4-12-26-17/h1-7,9,11-12,14,16H,8,10,13H2,(H,21,24)(H,22,25). The van der Waals surface area contributed by atoms with Crippen molar-refractivity contribution in [2.45, 2.75) is 25.6 Å². The summed E-state index contributed by atoms with van der Waals surface area (Å²) in [5.41, 5.74) is 0.992. The van der Waals surface area contributed by atoms with Crippen molar-refractivity contribution in [3.8, 4) is 0 Å². The van der Waals surface area contributed by atoms with Gasteiger partial charge in [0.05, 0.1) is 12.6 Å². The minimum Gasteiger partial charge on any atom is -0.459 e. The summed E-state index contributed by atoms with van der Waals surface area (Å²) in [4.78, 5) is 28.8. The number of aryl methyl sites for hydroxylation is 1. The van der Waals surface area contributed by atoms with E-state index in [4.69, 9.17) is 4.42 Å². The Kier molecular flexibility index (Phi) is 5.82. The van der Waals surface area contributed by atoms with E-state index in [-0.39, 0.29) is 11.7 Å². The lowest BCUT2D eigenvalue weighted by molar-refractivity contribution is -0.123. The molecule has 0 aliphatic heterocycles. The maximum Gasteiger partial charge on any atom is 0.287 e. The fourth-order valence-electron chi connectivity index (χ4n) is 2.51. The molecule has 1 unspecified atom stereocenters. The number of carbonyl (C=O) groups is 2. The van der Waals surface area contributed by atoms with Crippen LogP contribution in [0, 0.1) is 0 Å². The third-order valence-corrected chi connectivity index (χ3v) is 3.91. The second kappa shape index (κ2) is 8.66. The van der Waals surface area contributed by atoms with Crippen molar-refractivity contribution in [3.05, 3.63) is 78.8 Å². The average Bonchev–Trinajstić information content (AvgIpc) is 3.37. The van der Waals surface area contributed by atoms with Gasteiger partial charge in [0.1, 0.15) is 6.04 Å². The summed E-state index contributed by atoms with van der Waals surface area (Å²) in [6.45, 7) is 0.958. The molecule has 2 aromatic heterocycles. The summed E-state index contributed by atoms with van der Waals surface area (Å²) in [6, 6.07) is 12.1. The third-order valence-electron chi connectivity index (χ3n) is 3.91. The fraction of sp³-hybridized carbons (Fsp3) is 0.211. The molecule has 0 saturated heterocycles.